The summed E-state index contributed by atoms with van der Waals surface area (Å²) in [6, 6.07) is 3.89. The molecular weight excluding hydrogens is 423 g/mol. The van der Waals surface area contributed by atoms with Crippen LogP contribution in [0.15, 0.2) is 34.0 Å². The second-order valence-corrected chi connectivity index (χ2v) is 6.45. The molecule has 0 aliphatic rings. The molecule has 0 saturated carbocycles. The molecule has 0 aromatic carbocycles. The third kappa shape index (κ3) is 6.90. The lowest BCUT2D eigenvalue weighted by atomic mass is 10.2. The van der Waals surface area contributed by atoms with E-state index >= 15 is 0 Å². The SMILES string of the molecule is CCNC(=NCC(C)c1ncc(C)s1)NCCc1ccco1.I. The molecule has 0 amide bonds. The Morgan fingerprint density at radius 2 is 2.26 bits per heavy atom. The van der Waals surface area contributed by atoms with Crippen molar-refractivity contribution in [3.8, 4) is 0 Å². The first-order valence-corrected chi connectivity index (χ1v) is 8.47. The van der Waals surface area contributed by atoms with Gasteiger partial charge >= 0.3 is 0 Å². The number of rotatable bonds is 7. The van der Waals surface area contributed by atoms with E-state index in [0.29, 0.717) is 5.92 Å². The first-order valence-electron chi connectivity index (χ1n) is 7.66. The average molecular weight is 448 g/mol. The number of nitrogens with zero attached hydrogens (tertiary/aromatic N) is 2. The average Bonchev–Trinajstić information content (AvgIpc) is 3.16. The molecule has 0 radical (unpaired) electrons. The van der Waals surface area contributed by atoms with Crippen molar-refractivity contribution < 1.29 is 4.42 Å². The molecule has 1 unspecified atom stereocenters. The van der Waals surface area contributed by atoms with Crippen LogP contribution in [0.2, 0.25) is 0 Å². The van der Waals surface area contributed by atoms with E-state index in [1.54, 1.807) is 17.6 Å². The van der Waals surface area contributed by atoms with Gasteiger partial charge in [0.25, 0.3) is 0 Å². The molecule has 0 saturated heterocycles. The molecule has 0 bridgehead atoms. The van der Waals surface area contributed by atoms with E-state index in [2.05, 4.69) is 41.4 Å². The van der Waals surface area contributed by atoms with Crippen LogP contribution in [-0.4, -0.2) is 30.6 Å². The second kappa shape index (κ2) is 10.6. The number of hydrogen-bond acceptors (Lipinski definition) is 4. The highest BCUT2D eigenvalue weighted by Crippen LogP contribution is 2.21. The zero-order valence-corrected chi connectivity index (χ0v) is 17.0. The molecule has 7 heteroatoms. The van der Waals surface area contributed by atoms with Crippen molar-refractivity contribution >= 4 is 41.3 Å². The van der Waals surface area contributed by atoms with Crippen LogP contribution < -0.4 is 10.6 Å². The third-order valence-electron chi connectivity index (χ3n) is 3.17. The van der Waals surface area contributed by atoms with Gasteiger partial charge in [0.05, 0.1) is 17.8 Å². The van der Waals surface area contributed by atoms with E-state index in [0.717, 1.165) is 42.8 Å². The molecule has 0 aliphatic carbocycles. The Labute approximate surface area is 159 Å². The molecule has 2 N–H and O–H groups in total. The summed E-state index contributed by atoms with van der Waals surface area (Å²) in [5.74, 6) is 2.16. The molecule has 2 aromatic rings. The quantitative estimate of drug-likeness (QED) is 0.386. The van der Waals surface area contributed by atoms with Gasteiger partial charge in [-0.2, -0.15) is 0 Å². The monoisotopic (exact) mass is 448 g/mol. The van der Waals surface area contributed by atoms with Crippen molar-refractivity contribution in [2.45, 2.75) is 33.1 Å². The number of hydrogen-bond donors (Lipinski definition) is 2. The maximum Gasteiger partial charge on any atom is 0.191 e. The summed E-state index contributed by atoms with van der Waals surface area (Å²) in [6.45, 7) is 8.67. The fourth-order valence-electron chi connectivity index (χ4n) is 2.01. The molecule has 0 aliphatic heterocycles. The van der Waals surface area contributed by atoms with Crippen LogP contribution in [0.25, 0.3) is 0 Å². The normalized spacial score (nSPS) is 12.6. The van der Waals surface area contributed by atoms with Crippen LogP contribution in [0, 0.1) is 6.92 Å². The first-order chi connectivity index (χ1) is 10.7. The smallest absolute Gasteiger partial charge is 0.191 e. The van der Waals surface area contributed by atoms with Crippen molar-refractivity contribution in [3.05, 3.63) is 40.2 Å². The summed E-state index contributed by atoms with van der Waals surface area (Å²) < 4.78 is 5.33. The van der Waals surface area contributed by atoms with Crippen molar-refractivity contribution in [1.29, 1.82) is 0 Å². The zero-order valence-electron chi connectivity index (χ0n) is 13.8. The van der Waals surface area contributed by atoms with Crippen LogP contribution in [0.4, 0.5) is 0 Å². The molecule has 5 nitrogen and oxygen atoms in total. The highest BCUT2D eigenvalue weighted by atomic mass is 127. The van der Waals surface area contributed by atoms with E-state index in [1.807, 2.05) is 18.3 Å². The molecule has 2 rings (SSSR count). The van der Waals surface area contributed by atoms with Gasteiger partial charge < -0.3 is 15.1 Å². The number of thiazole rings is 1. The lowest BCUT2D eigenvalue weighted by Gasteiger charge is -2.12. The molecule has 0 spiro atoms. The predicted molar refractivity (Wildman–Crippen MR) is 107 cm³/mol. The minimum absolute atomic E-state index is 0. The van der Waals surface area contributed by atoms with Gasteiger partial charge in [-0.1, -0.05) is 6.92 Å². The molecule has 0 fully saturated rings. The molecular formula is C16H25IN4OS. The van der Waals surface area contributed by atoms with Crippen molar-refractivity contribution in [2.24, 2.45) is 4.99 Å². The largest absolute Gasteiger partial charge is 0.469 e. The Bertz CT molecular complexity index is 583. The lowest BCUT2D eigenvalue weighted by Crippen LogP contribution is -2.38. The van der Waals surface area contributed by atoms with Crippen molar-refractivity contribution in [2.75, 3.05) is 19.6 Å². The Morgan fingerprint density at radius 3 is 2.87 bits per heavy atom. The third-order valence-corrected chi connectivity index (χ3v) is 4.32. The van der Waals surface area contributed by atoms with Gasteiger partial charge in [-0.25, -0.2) is 4.98 Å². The topological polar surface area (TPSA) is 62.5 Å². The Hall–Kier alpha value is -1.09. The van der Waals surface area contributed by atoms with Gasteiger partial charge in [0, 0.05) is 36.5 Å². The van der Waals surface area contributed by atoms with E-state index < -0.39 is 0 Å². The number of aliphatic imine (C=N–C) groups is 1. The second-order valence-electron chi connectivity index (χ2n) is 5.19. The summed E-state index contributed by atoms with van der Waals surface area (Å²) in [5, 5.41) is 7.74. The minimum Gasteiger partial charge on any atom is -0.469 e. The summed E-state index contributed by atoms with van der Waals surface area (Å²) >= 11 is 1.74. The molecule has 1 atom stereocenters. The van der Waals surface area contributed by atoms with Crippen LogP contribution >= 0.6 is 35.3 Å². The van der Waals surface area contributed by atoms with Crippen molar-refractivity contribution in [3.63, 3.8) is 0 Å². The van der Waals surface area contributed by atoms with E-state index in [4.69, 9.17) is 4.42 Å². The van der Waals surface area contributed by atoms with Crippen molar-refractivity contribution in [1.82, 2.24) is 15.6 Å². The van der Waals surface area contributed by atoms with Crippen LogP contribution in [0.3, 0.4) is 0 Å². The summed E-state index contributed by atoms with van der Waals surface area (Å²) in [6.07, 6.45) is 4.47. The van der Waals surface area contributed by atoms with Gasteiger partial charge in [0.2, 0.25) is 0 Å². The maximum atomic E-state index is 5.33. The van der Waals surface area contributed by atoms with Gasteiger partial charge in [-0.3, -0.25) is 4.99 Å². The fraction of sp³-hybridized carbons (Fsp3) is 0.500. The van der Waals surface area contributed by atoms with E-state index in [1.165, 1.54) is 4.88 Å². The molecule has 2 aromatic heterocycles. The minimum atomic E-state index is 0. The Kier molecular flexibility index (Phi) is 9.23. The fourth-order valence-corrected chi connectivity index (χ4v) is 2.82. The van der Waals surface area contributed by atoms with Gasteiger partial charge in [0.1, 0.15) is 5.76 Å². The number of furan rings is 1. The Balaban J connectivity index is 0.00000264. The highest BCUT2D eigenvalue weighted by molar-refractivity contribution is 14.0. The summed E-state index contributed by atoms with van der Waals surface area (Å²) in [5.41, 5.74) is 0. The Morgan fingerprint density at radius 1 is 1.43 bits per heavy atom. The maximum absolute atomic E-state index is 5.33. The van der Waals surface area contributed by atoms with Gasteiger partial charge in [-0.05, 0) is 26.0 Å². The molecule has 23 heavy (non-hydrogen) atoms. The molecule has 128 valence electrons. The lowest BCUT2D eigenvalue weighted by molar-refractivity contribution is 0.506. The van der Waals surface area contributed by atoms with Crippen LogP contribution in [-0.2, 0) is 6.42 Å². The number of guanidine groups is 1. The standard InChI is InChI=1S/C16H24N4OS.HI/c1-4-17-16(18-8-7-14-6-5-9-21-14)20-10-12(2)15-19-11-13(3)22-15;/h5-6,9,11-12H,4,7-8,10H2,1-3H3,(H2,17,18,20);1H. The van der Waals surface area contributed by atoms with Gasteiger partial charge in [-0.15, -0.1) is 35.3 Å². The number of nitrogens with one attached hydrogen (secondary N) is 2. The van der Waals surface area contributed by atoms with E-state index in [-0.39, 0.29) is 24.0 Å². The van der Waals surface area contributed by atoms with E-state index in [9.17, 15) is 0 Å². The highest BCUT2D eigenvalue weighted by Gasteiger charge is 2.09. The summed E-state index contributed by atoms with van der Waals surface area (Å²) in [7, 11) is 0. The zero-order chi connectivity index (χ0) is 15.8. The van der Waals surface area contributed by atoms with Gasteiger partial charge in [0.15, 0.2) is 5.96 Å². The number of halogens is 1. The van der Waals surface area contributed by atoms with Crippen LogP contribution in [0.5, 0.6) is 0 Å². The predicted octanol–water partition coefficient (Wildman–Crippen LogP) is 3.56. The number of aryl methyl sites for hydroxylation is 1. The summed E-state index contributed by atoms with van der Waals surface area (Å²) in [4.78, 5) is 10.3. The number of aromatic nitrogens is 1. The first kappa shape index (κ1) is 20.0. The molecule has 2 heterocycles. The van der Waals surface area contributed by atoms with Crippen LogP contribution in [0.1, 0.15) is 35.4 Å².